The Morgan fingerprint density at radius 3 is 2.95 bits per heavy atom. The van der Waals surface area contributed by atoms with Crippen molar-refractivity contribution >= 4 is 5.97 Å². The Balaban J connectivity index is 2.04. The van der Waals surface area contributed by atoms with Crippen molar-refractivity contribution in [1.82, 2.24) is 4.90 Å². The van der Waals surface area contributed by atoms with E-state index in [1.165, 1.54) is 13.2 Å². The van der Waals surface area contributed by atoms with Crippen LogP contribution >= 0.6 is 0 Å². The van der Waals surface area contributed by atoms with E-state index < -0.39 is 11.8 Å². The van der Waals surface area contributed by atoms with Crippen LogP contribution in [0.5, 0.6) is 0 Å². The molecule has 0 saturated carbocycles. The van der Waals surface area contributed by atoms with Crippen LogP contribution in [0.15, 0.2) is 18.2 Å². The van der Waals surface area contributed by atoms with Crippen molar-refractivity contribution in [3.05, 3.63) is 35.1 Å². The summed E-state index contributed by atoms with van der Waals surface area (Å²) in [7, 11) is 1.28. The number of benzene rings is 1. The number of hydrogen-bond donors (Lipinski definition) is 1. The first kappa shape index (κ1) is 15.9. The second kappa shape index (κ2) is 7.00. The van der Waals surface area contributed by atoms with Crippen LogP contribution in [-0.2, 0) is 11.3 Å². The molecule has 0 amide bonds. The van der Waals surface area contributed by atoms with E-state index in [4.69, 9.17) is 0 Å². The molecule has 21 heavy (non-hydrogen) atoms. The Hall–Kier alpha value is -1.46. The van der Waals surface area contributed by atoms with Crippen LogP contribution in [0.3, 0.4) is 0 Å². The fourth-order valence-electron chi connectivity index (χ4n) is 2.79. The van der Waals surface area contributed by atoms with E-state index >= 15 is 0 Å². The maximum absolute atomic E-state index is 14.1. The van der Waals surface area contributed by atoms with Crippen LogP contribution in [0.2, 0.25) is 0 Å². The number of rotatable bonds is 4. The van der Waals surface area contributed by atoms with Gasteiger partial charge in [0.25, 0.3) is 0 Å². The minimum Gasteiger partial charge on any atom is -0.465 e. The fourth-order valence-corrected chi connectivity index (χ4v) is 2.79. The van der Waals surface area contributed by atoms with Gasteiger partial charge in [0.1, 0.15) is 5.82 Å². The van der Waals surface area contributed by atoms with E-state index in [2.05, 4.69) is 9.64 Å². The molecule has 1 saturated heterocycles. The smallest absolute Gasteiger partial charge is 0.337 e. The standard InChI is InChI=1S/C16H22FNO3/c1-11(19)13-4-3-7-18(9-13)10-14-6-5-12(8-15(14)17)16(20)21-2/h5-6,8,11,13,19H,3-4,7,9-10H2,1-2H3. The lowest BCUT2D eigenvalue weighted by molar-refractivity contribution is 0.0588. The Morgan fingerprint density at radius 1 is 1.57 bits per heavy atom. The highest BCUT2D eigenvalue weighted by Crippen LogP contribution is 2.22. The minimum atomic E-state index is -0.535. The van der Waals surface area contributed by atoms with E-state index in [-0.39, 0.29) is 17.6 Å². The number of esters is 1. The summed E-state index contributed by atoms with van der Waals surface area (Å²) in [5.41, 5.74) is 0.785. The monoisotopic (exact) mass is 295 g/mol. The molecule has 1 aliphatic rings. The Bertz CT molecular complexity index is 504. The van der Waals surface area contributed by atoms with Gasteiger partial charge in [-0.2, -0.15) is 0 Å². The predicted molar refractivity (Wildman–Crippen MR) is 77.4 cm³/mol. The van der Waals surface area contributed by atoms with E-state index in [1.807, 2.05) is 0 Å². The second-order valence-electron chi connectivity index (χ2n) is 5.68. The van der Waals surface area contributed by atoms with Crippen LogP contribution < -0.4 is 0 Å². The molecule has 1 aliphatic heterocycles. The highest BCUT2D eigenvalue weighted by Gasteiger charge is 2.24. The molecule has 0 bridgehead atoms. The first-order chi connectivity index (χ1) is 10.0. The molecule has 0 aliphatic carbocycles. The number of ether oxygens (including phenoxy) is 1. The van der Waals surface area contributed by atoms with Gasteiger partial charge in [-0.25, -0.2) is 9.18 Å². The molecule has 1 N–H and O–H groups in total. The molecule has 0 radical (unpaired) electrons. The van der Waals surface area contributed by atoms with Gasteiger partial charge in [0.2, 0.25) is 0 Å². The first-order valence-corrected chi connectivity index (χ1v) is 7.28. The Morgan fingerprint density at radius 2 is 2.33 bits per heavy atom. The van der Waals surface area contributed by atoms with Gasteiger partial charge < -0.3 is 9.84 Å². The third-order valence-corrected chi connectivity index (χ3v) is 4.09. The van der Waals surface area contributed by atoms with Crippen LogP contribution in [0.25, 0.3) is 0 Å². The largest absolute Gasteiger partial charge is 0.465 e. The maximum Gasteiger partial charge on any atom is 0.337 e. The number of halogens is 1. The molecule has 116 valence electrons. The summed E-state index contributed by atoms with van der Waals surface area (Å²) in [6.07, 6.45) is 1.69. The zero-order valence-electron chi connectivity index (χ0n) is 12.5. The van der Waals surface area contributed by atoms with Gasteiger partial charge >= 0.3 is 5.97 Å². The zero-order valence-corrected chi connectivity index (χ0v) is 12.5. The average molecular weight is 295 g/mol. The van der Waals surface area contributed by atoms with Gasteiger partial charge in [0, 0.05) is 18.7 Å². The highest BCUT2D eigenvalue weighted by atomic mass is 19.1. The maximum atomic E-state index is 14.1. The molecule has 0 spiro atoms. The van der Waals surface area contributed by atoms with Crippen molar-refractivity contribution < 1.29 is 19.0 Å². The van der Waals surface area contributed by atoms with E-state index in [0.29, 0.717) is 12.1 Å². The van der Waals surface area contributed by atoms with E-state index in [1.54, 1.807) is 19.1 Å². The summed E-state index contributed by atoms with van der Waals surface area (Å²) in [4.78, 5) is 13.5. The van der Waals surface area contributed by atoms with E-state index in [0.717, 1.165) is 25.9 Å². The lowest BCUT2D eigenvalue weighted by Crippen LogP contribution is -2.39. The number of methoxy groups -OCH3 is 1. The van der Waals surface area contributed by atoms with Gasteiger partial charge in [-0.05, 0) is 44.4 Å². The topological polar surface area (TPSA) is 49.8 Å². The fraction of sp³-hybridized carbons (Fsp3) is 0.562. The van der Waals surface area contributed by atoms with Crippen molar-refractivity contribution in [2.45, 2.75) is 32.4 Å². The number of carbonyl (C=O) groups is 1. The SMILES string of the molecule is COC(=O)c1ccc(CN2CCCC(C(C)O)C2)c(F)c1. The number of aliphatic hydroxyl groups is 1. The predicted octanol–water partition coefficient (Wildman–Crippen LogP) is 2.21. The van der Waals surface area contributed by atoms with Gasteiger partial charge in [0.05, 0.1) is 18.8 Å². The number of aliphatic hydroxyl groups excluding tert-OH is 1. The molecule has 1 aromatic rings. The highest BCUT2D eigenvalue weighted by molar-refractivity contribution is 5.89. The Labute approximate surface area is 124 Å². The molecule has 2 rings (SSSR count). The van der Waals surface area contributed by atoms with Crippen LogP contribution in [0.1, 0.15) is 35.7 Å². The summed E-state index contributed by atoms with van der Waals surface area (Å²) in [5.74, 6) is -0.680. The van der Waals surface area contributed by atoms with Crippen molar-refractivity contribution in [2.24, 2.45) is 5.92 Å². The summed E-state index contributed by atoms with van der Waals surface area (Å²) in [6, 6.07) is 4.44. The molecular formula is C16H22FNO3. The normalized spacial score (nSPS) is 21.0. The summed E-state index contributed by atoms with van der Waals surface area (Å²) >= 11 is 0. The van der Waals surface area contributed by atoms with Crippen LogP contribution in [0.4, 0.5) is 4.39 Å². The number of likely N-dealkylation sites (tertiary alicyclic amines) is 1. The molecular weight excluding hydrogens is 273 g/mol. The summed E-state index contributed by atoms with van der Waals surface area (Å²) in [5, 5.41) is 9.69. The molecule has 0 aromatic heterocycles. The third kappa shape index (κ3) is 4.02. The molecule has 1 fully saturated rings. The number of carbonyl (C=O) groups excluding carboxylic acids is 1. The van der Waals surface area contributed by atoms with Crippen molar-refractivity contribution in [3.63, 3.8) is 0 Å². The lowest BCUT2D eigenvalue weighted by atomic mass is 9.93. The van der Waals surface area contributed by atoms with Gasteiger partial charge in [-0.3, -0.25) is 4.90 Å². The third-order valence-electron chi connectivity index (χ3n) is 4.09. The minimum absolute atomic E-state index is 0.222. The van der Waals surface area contributed by atoms with Crippen molar-refractivity contribution in [1.29, 1.82) is 0 Å². The first-order valence-electron chi connectivity index (χ1n) is 7.28. The van der Waals surface area contributed by atoms with Gasteiger partial charge in [0.15, 0.2) is 0 Å². The number of nitrogens with zero attached hydrogens (tertiary/aromatic N) is 1. The quantitative estimate of drug-likeness (QED) is 0.865. The van der Waals surface area contributed by atoms with E-state index in [9.17, 15) is 14.3 Å². The number of hydrogen-bond acceptors (Lipinski definition) is 4. The van der Waals surface area contributed by atoms with Crippen LogP contribution in [-0.4, -0.2) is 42.3 Å². The summed E-state index contributed by atoms with van der Waals surface area (Å²) in [6.45, 7) is 3.98. The van der Waals surface area contributed by atoms with Crippen LogP contribution in [0, 0.1) is 11.7 Å². The summed E-state index contributed by atoms with van der Waals surface area (Å²) < 4.78 is 18.7. The molecule has 4 nitrogen and oxygen atoms in total. The van der Waals surface area contributed by atoms with Crippen molar-refractivity contribution in [3.8, 4) is 0 Å². The average Bonchev–Trinajstić information content (AvgIpc) is 2.48. The zero-order chi connectivity index (χ0) is 15.4. The molecule has 5 heteroatoms. The molecule has 1 aromatic carbocycles. The van der Waals surface area contributed by atoms with Gasteiger partial charge in [-0.1, -0.05) is 6.07 Å². The molecule has 2 unspecified atom stereocenters. The van der Waals surface area contributed by atoms with Gasteiger partial charge in [-0.15, -0.1) is 0 Å². The molecule has 2 atom stereocenters. The number of piperidine rings is 1. The second-order valence-corrected chi connectivity index (χ2v) is 5.68. The molecule has 1 heterocycles. The lowest BCUT2D eigenvalue weighted by Gasteiger charge is -2.34. The Kier molecular flexibility index (Phi) is 5.31. The van der Waals surface area contributed by atoms with Crippen molar-refractivity contribution in [2.75, 3.05) is 20.2 Å².